The van der Waals surface area contributed by atoms with Crippen molar-refractivity contribution in [1.82, 2.24) is 0 Å². The maximum absolute atomic E-state index is 5.90. The molecule has 0 aliphatic heterocycles. The minimum atomic E-state index is -0.173. The van der Waals surface area contributed by atoms with Gasteiger partial charge in [-0.15, -0.1) is 0 Å². The van der Waals surface area contributed by atoms with Crippen molar-refractivity contribution in [1.29, 1.82) is 0 Å². The fourth-order valence-corrected chi connectivity index (χ4v) is 2.60. The van der Waals surface area contributed by atoms with Crippen molar-refractivity contribution in [3.8, 4) is 5.75 Å². The van der Waals surface area contributed by atoms with Gasteiger partial charge >= 0.3 is 0 Å². The Morgan fingerprint density at radius 1 is 1.35 bits per heavy atom. The summed E-state index contributed by atoms with van der Waals surface area (Å²) in [5, 5.41) is 0. The standard InChI is InChI=1S/C14H21NO2/c1-3-17-14(10-15)7-6-11-4-5-13(16-2)8-12(11)9-14/h4-5,8H,3,6-7,9-10,15H2,1-2H3. The Morgan fingerprint density at radius 2 is 2.18 bits per heavy atom. The first-order valence-electron chi connectivity index (χ1n) is 6.23. The van der Waals surface area contributed by atoms with E-state index >= 15 is 0 Å². The van der Waals surface area contributed by atoms with Crippen molar-refractivity contribution in [2.24, 2.45) is 5.73 Å². The van der Waals surface area contributed by atoms with Crippen LogP contribution in [-0.4, -0.2) is 25.9 Å². The number of nitrogens with two attached hydrogens (primary N) is 1. The molecule has 17 heavy (non-hydrogen) atoms. The Hall–Kier alpha value is -1.06. The lowest BCUT2D eigenvalue weighted by atomic mass is 9.80. The molecule has 0 heterocycles. The number of benzene rings is 1. The highest BCUT2D eigenvalue weighted by Gasteiger charge is 2.33. The predicted molar refractivity (Wildman–Crippen MR) is 68.4 cm³/mol. The summed E-state index contributed by atoms with van der Waals surface area (Å²) in [5.74, 6) is 0.910. The average Bonchev–Trinajstić information content (AvgIpc) is 2.38. The van der Waals surface area contributed by atoms with Crippen LogP contribution in [0.25, 0.3) is 0 Å². The van der Waals surface area contributed by atoms with Crippen LogP contribution in [0.2, 0.25) is 0 Å². The maximum Gasteiger partial charge on any atom is 0.119 e. The molecule has 2 N–H and O–H groups in total. The van der Waals surface area contributed by atoms with Gasteiger partial charge in [-0.1, -0.05) is 6.07 Å². The first-order valence-corrected chi connectivity index (χ1v) is 6.23. The van der Waals surface area contributed by atoms with Crippen molar-refractivity contribution in [3.63, 3.8) is 0 Å². The molecule has 3 heteroatoms. The summed E-state index contributed by atoms with van der Waals surface area (Å²) < 4.78 is 11.2. The maximum atomic E-state index is 5.90. The second-order valence-corrected chi connectivity index (χ2v) is 4.63. The molecule has 0 bridgehead atoms. The van der Waals surface area contributed by atoms with E-state index in [1.807, 2.05) is 13.0 Å². The minimum absolute atomic E-state index is 0.173. The minimum Gasteiger partial charge on any atom is -0.497 e. The van der Waals surface area contributed by atoms with Crippen LogP contribution in [0.4, 0.5) is 0 Å². The van der Waals surface area contributed by atoms with Gasteiger partial charge in [0.1, 0.15) is 5.75 Å². The monoisotopic (exact) mass is 235 g/mol. The van der Waals surface area contributed by atoms with E-state index in [0.29, 0.717) is 6.54 Å². The molecule has 0 amide bonds. The second-order valence-electron chi connectivity index (χ2n) is 4.63. The fourth-order valence-electron chi connectivity index (χ4n) is 2.60. The van der Waals surface area contributed by atoms with Gasteiger partial charge in [0.05, 0.1) is 12.7 Å². The van der Waals surface area contributed by atoms with Crippen LogP contribution in [0, 0.1) is 0 Å². The molecule has 0 saturated heterocycles. The molecule has 0 fully saturated rings. The van der Waals surface area contributed by atoms with Crippen LogP contribution in [-0.2, 0) is 17.6 Å². The van der Waals surface area contributed by atoms with Crippen LogP contribution < -0.4 is 10.5 Å². The zero-order valence-corrected chi connectivity index (χ0v) is 10.7. The molecule has 94 valence electrons. The largest absolute Gasteiger partial charge is 0.497 e. The number of ether oxygens (including phenoxy) is 2. The predicted octanol–water partition coefficient (Wildman–Crippen LogP) is 1.92. The number of hydrogen-bond acceptors (Lipinski definition) is 3. The summed E-state index contributed by atoms with van der Waals surface area (Å²) in [7, 11) is 1.70. The first kappa shape index (κ1) is 12.4. The van der Waals surface area contributed by atoms with Gasteiger partial charge in [-0.2, -0.15) is 0 Å². The Balaban J connectivity index is 2.26. The Bertz CT molecular complexity index is 392. The number of aryl methyl sites for hydroxylation is 1. The average molecular weight is 235 g/mol. The van der Waals surface area contributed by atoms with Gasteiger partial charge in [-0.25, -0.2) is 0 Å². The molecule has 0 saturated carbocycles. The Morgan fingerprint density at radius 3 is 2.82 bits per heavy atom. The Labute approximate surface area is 103 Å². The molecule has 2 rings (SSSR count). The number of rotatable bonds is 4. The summed E-state index contributed by atoms with van der Waals surface area (Å²) in [5.41, 5.74) is 8.44. The number of methoxy groups -OCH3 is 1. The lowest BCUT2D eigenvalue weighted by molar-refractivity contribution is -0.0417. The lowest BCUT2D eigenvalue weighted by Gasteiger charge is -2.37. The van der Waals surface area contributed by atoms with Crippen LogP contribution in [0.5, 0.6) is 5.75 Å². The van der Waals surface area contributed by atoms with Crippen LogP contribution in [0.1, 0.15) is 24.5 Å². The van der Waals surface area contributed by atoms with E-state index in [4.69, 9.17) is 15.2 Å². The van der Waals surface area contributed by atoms with Crippen molar-refractivity contribution in [2.45, 2.75) is 31.8 Å². The summed E-state index contributed by atoms with van der Waals surface area (Å²) in [6.07, 6.45) is 2.94. The summed E-state index contributed by atoms with van der Waals surface area (Å²) >= 11 is 0. The lowest BCUT2D eigenvalue weighted by Crippen LogP contribution is -2.45. The van der Waals surface area contributed by atoms with Crippen molar-refractivity contribution >= 4 is 0 Å². The molecule has 0 aromatic heterocycles. The molecule has 1 aliphatic rings. The highest BCUT2D eigenvalue weighted by atomic mass is 16.5. The van der Waals surface area contributed by atoms with Gasteiger partial charge in [-0.05, 0) is 43.0 Å². The van der Waals surface area contributed by atoms with E-state index in [1.54, 1.807) is 7.11 Å². The first-order chi connectivity index (χ1) is 8.23. The van der Waals surface area contributed by atoms with E-state index in [0.717, 1.165) is 31.6 Å². The van der Waals surface area contributed by atoms with Gasteiger partial charge in [0.2, 0.25) is 0 Å². The smallest absolute Gasteiger partial charge is 0.119 e. The van der Waals surface area contributed by atoms with Crippen LogP contribution >= 0.6 is 0 Å². The van der Waals surface area contributed by atoms with E-state index in [9.17, 15) is 0 Å². The zero-order chi connectivity index (χ0) is 12.3. The summed E-state index contributed by atoms with van der Waals surface area (Å²) in [4.78, 5) is 0. The third-order valence-corrected chi connectivity index (χ3v) is 3.60. The fraction of sp³-hybridized carbons (Fsp3) is 0.571. The van der Waals surface area contributed by atoms with E-state index in [2.05, 4.69) is 12.1 Å². The van der Waals surface area contributed by atoms with Crippen molar-refractivity contribution in [2.75, 3.05) is 20.3 Å². The normalized spacial score (nSPS) is 23.2. The SMILES string of the molecule is CCOC1(CN)CCc2ccc(OC)cc2C1. The topological polar surface area (TPSA) is 44.5 Å². The molecule has 1 unspecified atom stereocenters. The van der Waals surface area contributed by atoms with Gasteiger partial charge in [-0.3, -0.25) is 0 Å². The molecule has 1 atom stereocenters. The molecule has 1 aromatic rings. The molecule has 0 radical (unpaired) electrons. The van der Waals surface area contributed by atoms with E-state index in [1.165, 1.54) is 11.1 Å². The highest BCUT2D eigenvalue weighted by Crippen LogP contribution is 2.32. The molecule has 1 aromatic carbocycles. The van der Waals surface area contributed by atoms with Gasteiger partial charge in [0.25, 0.3) is 0 Å². The van der Waals surface area contributed by atoms with Gasteiger partial charge in [0.15, 0.2) is 0 Å². The molecular formula is C14H21NO2. The number of fused-ring (bicyclic) bond motifs is 1. The molecule has 3 nitrogen and oxygen atoms in total. The highest BCUT2D eigenvalue weighted by molar-refractivity contribution is 5.38. The van der Waals surface area contributed by atoms with E-state index in [-0.39, 0.29) is 5.60 Å². The summed E-state index contributed by atoms with van der Waals surface area (Å²) in [6.45, 7) is 3.33. The third-order valence-electron chi connectivity index (χ3n) is 3.60. The Kier molecular flexibility index (Phi) is 3.69. The van der Waals surface area contributed by atoms with Crippen molar-refractivity contribution < 1.29 is 9.47 Å². The quantitative estimate of drug-likeness (QED) is 0.867. The molecular weight excluding hydrogens is 214 g/mol. The van der Waals surface area contributed by atoms with Crippen LogP contribution in [0.3, 0.4) is 0 Å². The number of hydrogen-bond donors (Lipinski definition) is 1. The second kappa shape index (κ2) is 5.07. The van der Waals surface area contributed by atoms with Crippen LogP contribution in [0.15, 0.2) is 18.2 Å². The molecule has 1 aliphatic carbocycles. The van der Waals surface area contributed by atoms with Crippen molar-refractivity contribution in [3.05, 3.63) is 29.3 Å². The third kappa shape index (κ3) is 2.45. The van der Waals surface area contributed by atoms with E-state index < -0.39 is 0 Å². The zero-order valence-electron chi connectivity index (χ0n) is 10.7. The van der Waals surface area contributed by atoms with Gasteiger partial charge in [0, 0.05) is 19.6 Å². The van der Waals surface area contributed by atoms with Gasteiger partial charge < -0.3 is 15.2 Å². The summed E-state index contributed by atoms with van der Waals surface area (Å²) in [6, 6.07) is 6.29. The molecule has 0 spiro atoms.